The summed E-state index contributed by atoms with van der Waals surface area (Å²) in [7, 11) is 0. The van der Waals surface area contributed by atoms with Gasteiger partial charge in [-0.25, -0.2) is 0 Å². The number of aliphatic hydroxyl groups is 1. The van der Waals surface area contributed by atoms with Crippen LogP contribution in [0.4, 0.5) is 0 Å². The van der Waals surface area contributed by atoms with Crippen molar-refractivity contribution in [2.24, 2.45) is 0 Å². The van der Waals surface area contributed by atoms with E-state index >= 15 is 0 Å². The van der Waals surface area contributed by atoms with E-state index in [1.165, 1.54) is 0 Å². The van der Waals surface area contributed by atoms with Gasteiger partial charge in [0.05, 0.1) is 18.7 Å². The molecule has 2 rings (SSSR count). The predicted molar refractivity (Wildman–Crippen MR) is 59.2 cm³/mol. The first kappa shape index (κ1) is 12.0. The summed E-state index contributed by atoms with van der Waals surface area (Å²) in [5.74, 6) is 1.10. The number of amides is 1. The van der Waals surface area contributed by atoms with Crippen molar-refractivity contribution < 1.29 is 14.4 Å². The quantitative estimate of drug-likeness (QED) is 0.817. The number of hydrogen-bond donors (Lipinski definition) is 1. The average molecular weight is 239 g/mol. The van der Waals surface area contributed by atoms with Crippen LogP contribution in [0.5, 0.6) is 0 Å². The van der Waals surface area contributed by atoms with Crippen molar-refractivity contribution in [3.05, 3.63) is 11.7 Å². The molecule has 17 heavy (non-hydrogen) atoms. The molecule has 0 aliphatic carbocycles. The predicted octanol–water partition coefficient (Wildman–Crippen LogP) is 0.294. The minimum Gasteiger partial charge on any atom is -0.386 e. The van der Waals surface area contributed by atoms with Crippen molar-refractivity contribution in [3.63, 3.8) is 0 Å². The Morgan fingerprint density at radius 1 is 1.59 bits per heavy atom. The van der Waals surface area contributed by atoms with E-state index < -0.39 is 5.60 Å². The van der Waals surface area contributed by atoms with Gasteiger partial charge in [0.2, 0.25) is 11.8 Å². The van der Waals surface area contributed by atoms with Crippen LogP contribution in [0.2, 0.25) is 0 Å². The molecule has 94 valence electrons. The molecule has 1 aliphatic heterocycles. The lowest BCUT2D eigenvalue weighted by atomic mass is 9.91. The molecule has 1 aromatic heterocycles. The Labute approximate surface area is 99.6 Å². The highest BCUT2D eigenvalue weighted by atomic mass is 16.5. The molecular formula is C11H17N3O3. The number of hydrogen-bond acceptors (Lipinski definition) is 5. The van der Waals surface area contributed by atoms with Gasteiger partial charge in [0.15, 0.2) is 5.82 Å². The zero-order valence-corrected chi connectivity index (χ0v) is 10.1. The first-order chi connectivity index (χ1) is 8.02. The van der Waals surface area contributed by atoms with Crippen molar-refractivity contribution in [3.8, 4) is 0 Å². The van der Waals surface area contributed by atoms with E-state index in [4.69, 9.17) is 4.52 Å². The van der Waals surface area contributed by atoms with Crippen molar-refractivity contribution in [2.45, 2.75) is 38.7 Å². The minimum atomic E-state index is -0.670. The van der Waals surface area contributed by atoms with Gasteiger partial charge in [-0.05, 0) is 13.3 Å². The van der Waals surface area contributed by atoms with Gasteiger partial charge in [-0.3, -0.25) is 4.79 Å². The van der Waals surface area contributed by atoms with Gasteiger partial charge < -0.3 is 14.5 Å². The lowest BCUT2D eigenvalue weighted by molar-refractivity contribution is -0.155. The van der Waals surface area contributed by atoms with Crippen molar-refractivity contribution in [1.29, 1.82) is 0 Å². The Kier molecular flexibility index (Phi) is 3.15. The van der Waals surface area contributed by atoms with Crippen LogP contribution in [-0.4, -0.2) is 44.7 Å². The second kappa shape index (κ2) is 4.44. The number of β-amino-alcohol motifs (C(OH)–C–C–N with tert-alkyl or cyclic N) is 1. The van der Waals surface area contributed by atoms with Crippen molar-refractivity contribution >= 4 is 5.91 Å². The molecule has 0 spiro atoms. The second-order valence-corrected chi connectivity index (χ2v) is 4.56. The van der Waals surface area contributed by atoms with Gasteiger partial charge in [0.25, 0.3) is 0 Å². The van der Waals surface area contributed by atoms with Gasteiger partial charge in [-0.2, -0.15) is 4.98 Å². The van der Waals surface area contributed by atoms with Crippen LogP contribution < -0.4 is 0 Å². The number of aryl methyl sites for hydroxylation is 2. The van der Waals surface area contributed by atoms with E-state index in [1.54, 1.807) is 11.8 Å². The summed E-state index contributed by atoms with van der Waals surface area (Å²) in [5, 5.41) is 13.5. The zero-order chi connectivity index (χ0) is 12.5. The molecule has 6 heteroatoms. The molecule has 1 amide bonds. The Morgan fingerprint density at radius 3 is 2.82 bits per heavy atom. The number of carbonyl (C=O) groups excluding carboxylic acids is 1. The summed E-state index contributed by atoms with van der Waals surface area (Å²) in [6.07, 6.45) is 1.49. The third-order valence-electron chi connectivity index (χ3n) is 3.10. The smallest absolute Gasteiger partial charge is 0.227 e. The van der Waals surface area contributed by atoms with E-state index in [0.29, 0.717) is 44.1 Å². The lowest BCUT2D eigenvalue weighted by Crippen LogP contribution is -2.63. The third-order valence-corrected chi connectivity index (χ3v) is 3.10. The number of aromatic nitrogens is 2. The van der Waals surface area contributed by atoms with Crippen LogP contribution in [0.3, 0.4) is 0 Å². The van der Waals surface area contributed by atoms with Gasteiger partial charge in [-0.15, -0.1) is 0 Å². The SMILES string of the molecule is CCC1(O)CN(C(=O)CCc2nc(C)no2)C1. The minimum absolute atomic E-state index is 0.0268. The fourth-order valence-corrected chi connectivity index (χ4v) is 1.88. The number of carbonyl (C=O) groups is 1. The highest BCUT2D eigenvalue weighted by molar-refractivity contribution is 5.77. The zero-order valence-electron chi connectivity index (χ0n) is 10.1. The molecule has 0 aromatic carbocycles. The second-order valence-electron chi connectivity index (χ2n) is 4.56. The maximum Gasteiger partial charge on any atom is 0.227 e. The van der Waals surface area contributed by atoms with Crippen molar-refractivity contribution in [2.75, 3.05) is 13.1 Å². The Bertz CT molecular complexity index is 410. The van der Waals surface area contributed by atoms with E-state index in [2.05, 4.69) is 10.1 Å². The van der Waals surface area contributed by atoms with Gasteiger partial charge in [0.1, 0.15) is 0 Å². The fourth-order valence-electron chi connectivity index (χ4n) is 1.88. The van der Waals surface area contributed by atoms with Crippen LogP contribution in [-0.2, 0) is 11.2 Å². The molecule has 6 nitrogen and oxygen atoms in total. The van der Waals surface area contributed by atoms with Crippen LogP contribution in [0.1, 0.15) is 31.5 Å². The molecule has 1 N–H and O–H groups in total. The van der Waals surface area contributed by atoms with E-state index in [9.17, 15) is 9.90 Å². The fraction of sp³-hybridized carbons (Fsp3) is 0.727. The molecule has 1 fully saturated rings. The summed E-state index contributed by atoms with van der Waals surface area (Å²) in [5.41, 5.74) is -0.670. The third kappa shape index (κ3) is 2.63. The summed E-state index contributed by atoms with van der Waals surface area (Å²) < 4.78 is 4.93. The van der Waals surface area contributed by atoms with E-state index in [-0.39, 0.29) is 5.91 Å². The van der Waals surface area contributed by atoms with Crippen LogP contribution in [0.25, 0.3) is 0 Å². The average Bonchev–Trinajstić information content (AvgIpc) is 2.67. The Morgan fingerprint density at radius 2 is 2.29 bits per heavy atom. The first-order valence-corrected chi connectivity index (χ1v) is 5.82. The molecule has 0 bridgehead atoms. The standard InChI is InChI=1S/C11H17N3O3/c1-3-11(16)6-14(7-11)10(15)5-4-9-12-8(2)13-17-9/h16H,3-7H2,1-2H3. The maximum absolute atomic E-state index is 11.7. The molecule has 0 radical (unpaired) electrons. The maximum atomic E-state index is 11.7. The molecule has 1 aliphatic rings. The number of rotatable bonds is 4. The molecule has 0 saturated carbocycles. The van der Waals surface area contributed by atoms with Gasteiger partial charge >= 0.3 is 0 Å². The van der Waals surface area contributed by atoms with E-state index in [1.807, 2.05) is 6.92 Å². The van der Waals surface area contributed by atoms with Crippen LogP contribution in [0.15, 0.2) is 4.52 Å². The summed E-state index contributed by atoms with van der Waals surface area (Å²) >= 11 is 0. The molecule has 1 saturated heterocycles. The van der Waals surface area contributed by atoms with Gasteiger partial charge in [0, 0.05) is 12.8 Å². The highest BCUT2D eigenvalue weighted by Crippen LogP contribution is 2.24. The Hall–Kier alpha value is -1.43. The normalized spacial score (nSPS) is 17.9. The summed E-state index contributed by atoms with van der Waals surface area (Å²) in [6, 6.07) is 0. The highest BCUT2D eigenvalue weighted by Gasteiger charge is 2.41. The molecule has 2 heterocycles. The van der Waals surface area contributed by atoms with Crippen LogP contribution in [0, 0.1) is 6.92 Å². The summed E-state index contributed by atoms with van der Waals surface area (Å²) in [6.45, 7) is 4.53. The molecular weight excluding hydrogens is 222 g/mol. The molecule has 0 atom stereocenters. The van der Waals surface area contributed by atoms with Crippen molar-refractivity contribution in [1.82, 2.24) is 15.0 Å². The number of nitrogens with zero attached hydrogens (tertiary/aromatic N) is 3. The topological polar surface area (TPSA) is 79.5 Å². The molecule has 0 unspecified atom stereocenters. The monoisotopic (exact) mass is 239 g/mol. The van der Waals surface area contributed by atoms with Gasteiger partial charge in [-0.1, -0.05) is 12.1 Å². The van der Waals surface area contributed by atoms with Crippen LogP contribution >= 0.6 is 0 Å². The van der Waals surface area contributed by atoms with E-state index in [0.717, 1.165) is 0 Å². The largest absolute Gasteiger partial charge is 0.386 e. The lowest BCUT2D eigenvalue weighted by Gasteiger charge is -2.46. The number of likely N-dealkylation sites (tertiary alicyclic amines) is 1. The Balaban J connectivity index is 1.76. The first-order valence-electron chi connectivity index (χ1n) is 5.82. The summed E-state index contributed by atoms with van der Waals surface area (Å²) in [4.78, 5) is 17.4. The molecule has 1 aromatic rings.